The number of halogens is 1. The SMILES string of the molecule is CC(=O)Nc1cc(Br)c2[nH]c(C(=O)O)cc2c1. The number of aromatic nitrogens is 1. The Labute approximate surface area is 105 Å². The van der Waals surface area contributed by atoms with Gasteiger partial charge >= 0.3 is 5.97 Å². The first-order valence-corrected chi connectivity index (χ1v) is 5.60. The summed E-state index contributed by atoms with van der Waals surface area (Å²) in [7, 11) is 0. The monoisotopic (exact) mass is 296 g/mol. The van der Waals surface area contributed by atoms with Crippen LogP contribution < -0.4 is 5.32 Å². The van der Waals surface area contributed by atoms with Crippen LogP contribution in [0.3, 0.4) is 0 Å². The summed E-state index contributed by atoms with van der Waals surface area (Å²) in [4.78, 5) is 24.6. The number of nitrogens with one attached hydrogen (secondary N) is 2. The Kier molecular flexibility index (Phi) is 2.89. The fourth-order valence-corrected chi connectivity index (χ4v) is 2.17. The highest BCUT2D eigenvalue weighted by atomic mass is 79.9. The zero-order valence-electron chi connectivity index (χ0n) is 8.87. The van der Waals surface area contributed by atoms with Gasteiger partial charge in [0.15, 0.2) is 0 Å². The van der Waals surface area contributed by atoms with Crippen LogP contribution in [0, 0.1) is 0 Å². The van der Waals surface area contributed by atoms with Crippen molar-refractivity contribution in [2.75, 3.05) is 5.32 Å². The Bertz CT molecular complexity index is 618. The molecule has 0 spiro atoms. The lowest BCUT2D eigenvalue weighted by molar-refractivity contribution is -0.114. The molecular weight excluding hydrogens is 288 g/mol. The summed E-state index contributed by atoms with van der Waals surface area (Å²) in [6.45, 7) is 1.41. The van der Waals surface area contributed by atoms with Crippen molar-refractivity contribution in [2.24, 2.45) is 0 Å². The summed E-state index contributed by atoms with van der Waals surface area (Å²) in [6, 6.07) is 4.95. The molecule has 0 bridgehead atoms. The Hall–Kier alpha value is -1.82. The number of rotatable bonds is 2. The van der Waals surface area contributed by atoms with Crippen LogP contribution in [0.4, 0.5) is 5.69 Å². The minimum atomic E-state index is -1.02. The average Bonchev–Trinajstić information content (AvgIpc) is 2.60. The Morgan fingerprint density at radius 3 is 2.65 bits per heavy atom. The van der Waals surface area contributed by atoms with E-state index in [-0.39, 0.29) is 11.6 Å². The minimum absolute atomic E-state index is 0.112. The molecule has 0 aliphatic heterocycles. The Morgan fingerprint density at radius 1 is 1.35 bits per heavy atom. The molecule has 1 amide bonds. The summed E-state index contributed by atoms with van der Waals surface area (Å²) < 4.78 is 0.700. The summed E-state index contributed by atoms with van der Waals surface area (Å²) >= 11 is 3.32. The van der Waals surface area contributed by atoms with E-state index in [0.717, 1.165) is 5.39 Å². The summed E-state index contributed by atoms with van der Waals surface area (Å²) in [5.41, 5.74) is 1.42. The molecule has 0 aliphatic rings. The van der Waals surface area contributed by atoms with Crippen LogP contribution in [0.25, 0.3) is 10.9 Å². The number of amides is 1. The molecule has 3 N–H and O–H groups in total. The van der Waals surface area contributed by atoms with Gasteiger partial charge in [0.1, 0.15) is 5.69 Å². The third kappa shape index (κ3) is 2.31. The molecule has 0 radical (unpaired) electrons. The predicted molar refractivity (Wildman–Crippen MR) is 67.3 cm³/mol. The van der Waals surface area contributed by atoms with Crippen molar-refractivity contribution in [2.45, 2.75) is 6.92 Å². The summed E-state index contributed by atoms with van der Waals surface area (Å²) in [6.07, 6.45) is 0. The average molecular weight is 297 g/mol. The standard InChI is InChI=1S/C11H9BrN2O3/c1-5(15)13-7-2-6-3-9(11(16)17)14-10(6)8(12)4-7/h2-4,14H,1H3,(H,13,15)(H,16,17). The van der Waals surface area contributed by atoms with Gasteiger partial charge in [-0.25, -0.2) is 4.79 Å². The number of H-pyrrole nitrogens is 1. The summed E-state index contributed by atoms with van der Waals surface area (Å²) in [5, 5.41) is 12.2. The largest absolute Gasteiger partial charge is 0.477 e. The van der Waals surface area contributed by atoms with Crippen molar-refractivity contribution in [3.63, 3.8) is 0 Å². The fraction of sp³-hybridized carbons (Fsp3) is 0.0909. The zero-order chi connectivity index (χ0) is 12.6. The maximum Gasteiger partial charge on any atom is 0.352 e. The van der Waals surface area contributed by atoms with Gasteiger partial charge in [-0.1, -0.05) is 0 Å². The molecule has 1 heterocycles. The lowest BCUT2D eigenvalue weighted by Crippen LogP contribution is -2.05. The lowest BCUT2D eigenvalue weighted by atomic mass is 10.2. The highest BCUT2D eigenvalue weighted by Crippen LogP contribution is 2.28. The van der Waals surface area contributed by atoms with E-state index in [1.807, 2.05) is 0 Å². The van der Waals surface area contributed by atoms with Crippen LogP contribution in [-0.4, -0.2) is 22.0 Å². The van der Waals surface area contributed by atoms with Crippen LogP contribution in [-0.2, 0) is 4.79 Å². The smallest absolute Gasteiger partial charge is 0.352 e. The topological polar surface area (TPSA) is 82.2 Å². The van der Waals surface area contributed by atoms with Crippen LogP contribution in [0.15, 0.2) is 22.7 Å². The molecule has 1 aromatic carbocycles. The minimum Gasteiger partial charge on any atom is -0.477 e. The number of carboxylic acids is 1. The molecule has 0 aliphatic carbocycles. The van der Waals surface area contributed by atoms with Gasteiger partial charge in [-0.05, 0) is 34.1 Å². The van der Waals surface area contributed by atoms with Crippen LogP contribution in [0.5, 0.6) is 0 Å². The summed E-state index contributed by atoms with van der Waals surface area (Å²) in [5.74, 6) is -1.19. The fourth-order valence-electron chi connectivity index (χ4n) is 1.59. The lowest BCUT2D eigenvalue weighted by Gasteiger charge is -2.03. The Balaban J connectivity index is 2.56. The third-order valence-electron chi connectivity index (χ3n) is 2.23. The number of benzene rings is 1. The number of aromatic carboxylic acids is 1. The van der Waals surface area contributed by atoms with Crippen molar-refractivity contribution in [1.29, 1.82) is 0 Å². The second kappa shape index (κ2) is 4.21. The van der Waals surface area contributed by atoms with Gasteiger partial charge in [0.25, 0.3) is 0 Å². The molecule has 2 rings (SSSR count). The zero-order valence-corrected chi connectivity index (χ0v) is 10.5. The molecule has 0 saturated heterocycles. The molecule has 5 nitrogen and oxygen atoms in total. The number of carbonyl (C=O) groups is 2. The predicted octanol–water partition coefficient (Wildman–Crippen LogP) is 2.59. The molecule has 1 aromatic heterocycles. The first-order chi connectivity index (χ1) is 7.97. The highest BCUT2D eigenvalue weighted by Gasteiger charge is 2.10. The first kappa shape index (κ1) is 11.7. The van der Waals surface area contributed by atoms with E-state index < -0.39 is 5.97 Å². The highest BCUT2D eigenvalue weighted by molar-refractivity contribution is 9.10. The molecule has 88 valence electrons. The normalized spacial score (nSPS) is 10.5. The van der Waals surface area contributed by atoms with E-state index in [2.05, 4.69) is 26.2 Å². The van der Waals surface area contributed by atoms with Crippen LogP contribution in [0.1, 0.15) is 17.4 Å². The number of hydrogen-bond acceptors (Lipinski definition) is 2. The van der Waals surface area contributed by atoms with Gasteiger partial charge in [0.05, 0.1) is 5.52 Å². The molecule has 0 saturated carbocycles. The molecule has 6 heteroatoms. The van der Waals surface area contributed by atoms with Gasteiger partial charge in [-0.3, -0.25) is 4.79 Å². The van der Waals surface area contributed by atoms with Gasteiger partial charge < -0.3 is 15.4 Å². The van der Waals surface area contributed by atoms with Crippen molar-refractivity contribution >= 4 is 44.4 Å². The van der Waals surface area contributed by atoms with Gasteiger partial charge in [0, 0.05) is 22.5 Å². The second-order valence-electron chi connectivity index (χ2n) is 3.59. The quantitative estimate of drug-likeness (QED) is 0.796. The number of aromatic amines is 1. The van der Waals surface area contributed by atoms with Crippen molar-refractivity contribution in [3.05, 3.63) is 28.4 Å². The van der Waals surface area contributed by atoms with E-state index in [0.29, 0.717) is 15.7 Å². The number of anilines is 1. The van der Waals surface area contributed by atoms with Crippen molar-refractivity contribution < 1.29 is 14.7 Å². The van der Waals surface area contributed by atoms with Crippen LogP contribution in [0.2, 0.25) is 0 Å². The Morgan fingerprint density at radius 2 is 2.06 bits per heavy atom. The van der Waals surface area contributed by atoms with Crippen LogP contribution >= 0.6 is 15.9 Å². The molecule has 2 aromatic rings. The van der Waals surface area contributed by atoms with E-state index in [1.54, 1.807) is 12.1 Å². The van der Waals surface area contributed by atoms with E-state index >= 15 is 0 Å². The number of carbonyl (C=O) groups excluding carboxylic acids is 1. The molecular formula is C11H9BrN2O3. The first-order valence-electron chi connectivity index (χ1n) is 4.80. The number of carboxylic acid groups (broad SMARTS) is 1. The number of hydrogen-bond donors (Lipinski definition) is 3. The molecule has 0 unspecified atom stereocenters. The van der Waals surface area contributed by atoms with E-state index in [1.165, 1.54) is 13.0 Å². The van der Waals surface area contributed by atoms with E-state index in [4.69, 9.17) is 5.11 Å². The van der Waals surface area contributed by atoms with Crippen molar-refractivity contribution in [3.8, 4) is 0 Å². The van der Waals surface area contributed by atoms with Gasteiger partial charge in [0.2, 0.25) is 5.91 Å². The molecule has 0 atom stereocenters. The van der Waals surface area contributed by atoms with Crippen molar-refractivity contribution in [1.82, 2.24) is 4.98 Å². The maximum absolute atomic E-state index is 10.9. The number of fused-ring (bicyclic) bond motifs is 1. The van der Waals surface area contributed by atoms with E-state index in [9.17, 15) is 9.59 Å². The molecule has 17 heavy (non-hydrogen) atoms. The second-order valence-corrected chi connectivity index (χ2v) is 4.45. The van der Waals surface area contributed by atoms with Gasteiger partial charge in [-0.2, -0.15) is 0 Å². The van der Waals surface area contributed by atoms with Gasteiger partial charge in [-0.15, -0.1) is 0 Å². The maximum atomic E-state index is 10.9. The third-order valence-corrected chi connectivity index (χ3v) is 2.86. The molecule has 0 fully saturated rings.